The molecule has 0 aliphatic carbocycles. The van der Waals surface area contributed by atoms with Crippen LogP contribution in [0.5, 0.6) is 5.75 Å². The van der Waals surface area contributed by atoms with E-state index in [0.29, 0.717) is 42.7 Å². The van der Waals surface area contributed by atoms with Gasteiger partial charge in [0.1, 0.15) is 17.4 Å². The number of rotatable bonds is 13. The van der Waals surface area contributed by atoms with Gasteiger partial charge in [0.05, 0.1) is 44.3 Å². The molecular weight excluding hydrogens is 536 g/mol. The predicted octanol–water partition coefficient (Wildman–Crippen LogP) is 3.83. The van der Waals surface area contributed by atoms with E-state index in [1.807, 2.05) is 30.3 Å². The van der Waals surface area contributed by atoms with Gasteiger partial charge >= 0.3 is 5.97 Å². The molecule has 0 aromatic heterocycles. The van der Waals surface area contributed by atoms with E-state index in [9.17, 15) is 19.5 Å². The second-order valence-corrected chi connectivity index (χ2v) is 10.9. The van der Waals surface area contributed by atoms with Crippen molar-refractivity contribution >= 4 is 23.5 Å². The van der Waals surface area contributed by atoms with Crippen molar-refractivity contribution < 1.29 is 33.7 Å². The van der Waals surface area contributed by atoms with Crippen molar-refractivity contribution in [3.8, 4) is 5.75 Å². The number of benzene rings is 2. The van der Waals surface area contributed by atoms with Crippen LogP contribution < -0.4 is 9.64 Å². The van der Waals surface area contributed by atoms with Crippen LogP contribution in [0.1, 0.15) is 37.3 Å². The summed E-state index contributed by atoms with van der Waals surface area (Å²) in [4.78, 5) is 45.6. The summed E-state index contributed by atoms with van der Waals surface area (Å²) in [5.41, 5.74) is 0.0387. The molecule has 2 bridgehead atoms. The Kier molecular flexibility index (Phi) is 8.80. The number of fused-ring (bicyclic) bond motifs is 1. The molecule has 9 heteroatoms. The first-order chi connectivity index (χ1) is 20.4. The number of likely N-dealkylation sites (tertiary alicyclic amines) is 1. The summed E-state index contributed by atoms with van der Waals surface area (Å²) in [5.74, 6) is -2.35. The van der Waals surface area contributed by atoms with Gasteiger partial charge in [-0.1, -0.05) is 42.5 Å². The monoisotopic (exact) mass is 574 g/mol. The summed E-state index contributed by atoms with van der Waals surface area (Å²) < 4.78 is 17.5. The molecule has 3 saturated heterocycles. The van der Waals surface area contributed by atoms with E-state index in [1.165, 1.54) is 4.90 Å². The van der Waals surface area contributed by atoms with Crippen LogP contribution in [-0.4, -0.2) is 72.4 Å². The van der Waals surface area contributed by atoms with Crippen molar-refractivity contribution in [2.75, 3.05) is 31.8 Å². The van der Waals surface area contributed by atoms with Crippen LogP contribution in [0.2, 0.25) is 0 Å². The number of nitrogens with zero attached hydrogens (tertiary/aromatic N) is 2. The van der Waals surface area contributed by atoms with Gasteiger partial charge in [-0.3, -0.25) is 14.4 Å². The van der Waals surface area contributed by atoms with Crippen LogP contribution in [0.15, 0.2) is 79.9 Å². The second-order valence-electron chi connectivity index (χ2n) is 10.9. The second kappa shape index (κ2) is 12.5. The van der Waals surface area contributed by atoms with E-state index >= 15 is 0 Å². The van der Waals surface area contributed by atoms with Crippen molar-refractivity contribution in [1.82, 2.24) is 4.90 Å². The highest BCUT2D eigenvalue weighted by atomic mass is 16.6. The number of hydrogen-bond acceptors (Lipinski definition) is 7. The number of anilines is 1. The number of aliphatic hydroxyl groups excluding tert-OH is 1. The lowest BCUT2D eigenvalue weighted by atomic mass is 9.70. The van der Waals surface area contributed by atoms with E-state index < -0.39 is 48.2 Å². The van der Waals surface area contributed by atoms with Gasteiger partial charge < -0.3 is 29.1 Å². The first-order valence-electron chi connectivity index (χ1n) is 14.4. The summed E-state index contributed by atoms with van der Waals surface area (Å²) in [6.07, 6.45) is 5.13. The fourth-order valence-electron chi connectivity index (χ4n) is 6.86. The number of ether oxygens (including phenoxy) is 3. The van der Waals surface area contributed by atoms with Gasteiger partial charge in [0.2, 0.25) is 5.91 Å². The maximum absolute atomic E-state index is 14.7. The normalized spacial score (nSPS) is 26.4. The molecule has 0 saturated carbocycles. The lowest BCUT2D eigenvalue weighted by molar-refractivity contribution is -0.156. The molecule has 2 unspecified atom stereocenters. The van der Waals surface area contributed by atoms with Crippen LogP contribution in [0.25, 0.3) is 0 Å². The molecule has 42 heavy (non-hydrogen) atoms. The van der Waals surface area contributed by atoms with Crippen LogP contribution in [-0.2, 0) is 23.9 Å². The number of allylic oxidation sites excluding steroid dienone is 1. The van der Waals surface area contributed by atoms with Gasteiger partial charge in [-0.25, -0.2) is 0 Å². The number of unbranched alkanes of at least 4 members (excludes halogenated alkanes) is 1. The summed E-state index contributed by atoms with van der Waals surface area (Å²) in [5, 5.41) is 10.7. The third kappa shape index (κ3) is 5.01. The van der Waals surface area contributed by atoms with E-state index in [-0.39, 0.29) is 25.0 Å². The van der Waals surface area contributed by atoms with Crippen molar-refractivity contribution in [2.24, 2.45) is 11.8 Å². The zero-order valence-electron chi connectivity index (χ0n) is 23.9. The maximum Gasteiger partial charge on any atom is 0.312 e. The number of esters is 1. The number of carbonyl (C=O) groups excluding carboxylic acids is 3. The van der Waals surface area contributed by atoms with Crippen LogP contribution >= 0.6 is 0 Å². The average Bonchev–Trinajstić information content (AvgIpc) is 3.66. The summed E-state index contributed by atoms with van der Waals surface area (Å²) >= 11 is 0. The third-order valence-electron chi connectivity index (χ3n) is 8.70. The van der Waals surface area contributed by atoms with Gasteiger partial charge in [0, 0.05) is 12.2 Å². The van der Waals surface area contributed by atoms with Gasteiger partial charge in [0.25, 0.3) is 5.91 Å². The first kappa shape index (κ1) is 29.5. The van der Waals surface area contributed by atoms with Crippen LogP contribution in [0.3, 0.4) is 0 Å². The molecule has 1 spiro atoms. The number of amides is 2. The minimum Gasteiger partial charge on any atom is -0.497 e. The molecule has 2 aromatic rings. The molecule has 5 rings (SSSR count). The summed E-state index contributed by atoms with van der Waals surface area (Å²) in [7, 11) is 1.57. The Hall–Kier alpha value is -3.95. The van der Waals surface area contributed by atoms with Gasteiger partial charge in [-0.05, 0) is 55.5 Å². The Balaban J connectivity index is 1.57. The highest BCUT2D eigenvalue weighted by molar-refractivity contribution is 6.05. The Morgan fingerprint density at radius 3 is 2.55 bits per heavy atom. The molecule has 2 aromatic carbocycles. The van der Waals surface area contributed by atoms with Crippen LogP contribution in [0.4, 0.5) is 5.69 Å². The highest BCUT2D eigenvalue weighted by Gasteiger charge is 2.75. The molecule has 1 N–H and O–H groups in total. The van der Waals surface area contributed by atoms with E-state index in [1.54, 1.807) is 48.4 Å². The van der Waals surface area contributed by atoms with Crippen molar-refractivity contribution in [3.05, 3.63) is 85.5 Å². The zero-order chi connectivity index (χ0) is 29.9. The molecule has 3 fully saturated rings. The van der Waals surface area contributed by atoms with E-state index in [4.69, 9.17) is 14.2 Å². The number of carbonyl (C=O) groups is 3. The Morgan fingerprint density at radius 2 is 1.90 bits per heavy atom. The first-order valence-corrected chi connectivity index (χ1v) is 14.4. The molecule has 3 aliphatic heterocycles. The van der Waals surface area contributed by atoms with Crippen molar-refractivity contribution in [1.29, 1.82) is 0 Å². The average molecular weight is 575 g/mol. The fourth-order valence-corrected chi connectivity index (χ4v) is 6.86. The third-order valence-corrected chi connectivity index (χ3v) is 8.70. The minimum atomic E-state index is -1.24. The van der Waals surface area contributed by atoms with Gasteiger partial charge in [0.15, 0.2) is 0 Å². The van der Waals surface area contributed by atoms with E-state index in [0.717, 1.165) is 0 Å². The summed E-state index contributed by atoms with van der Waals surface area (Å²) in [6, 6.07) is 14.3. The predicted molar refractivity (Wildman–Crippen MR) is 157 cm³/mol. The van der Waals surface area contributed by atoms with Gasteiger partial charge in [-0.15, -0.1) is 13.2 Å². The highest BCUT2D eigenvalue weighted by Crippen LogP contribution is 2.60. The Morgan fingerprint density at radius 1 is 1.17 bits per heavy atom. The number of methoxy groups -OCH3 is 1. The number of aliphatic hydroxyl groups is 1. The lowest BCUT2D eigenvalue weighted by Gasteiger charge is -2.39. The molecule has 0 radical (unpaired) electrons. The SMILES string of the molecule is C=CCCCOC(=O)[C@@H]1[C@H]2C(=O)N([C@H](CO)c3ccccc3)C(C(=O)N(CC=C)c3ccc(OC)cc3)C23CC[C@H]1O3. The quantitative estimate of drug-likeness (QED) is 0.220. The Bertz CT molecular complexity index is 1310. The van der Waals surface area contributed by atoms with Crippen molar-refractivity contribution in [2.45, 2.75) is 49.5 Å². The minimum absolute atomic E-state index is 0.178. The van der Waals surface area contributed by atoms with Crippen LogP contribution in [0, 0.1) is 11.8 Å². The smallest absolute Gasteiger partial charge is 0.312 e. The van der Waals surface area contributed by atoms with Gasteiger partial charge in [-0.2, -0.15) is 0 Å². The fraction of sp³-hybridized carbons (Fsp3) is 0.424. The molecule has 2 amide bonds. The molecular formula is C33H38N2O7. The molecule has 6 atom stereocenters. The molecule has 222 valence electrons. The summed E-state index contributed by atoms with van der Waals surface area (Å²) in [6.45, 7) is 7.53. The Labute approximate surface area is 246 Å². The van der Waals surface area contributed by atoms with E-state index in [2.05, 4.69) is 13.2 Å². The standard InChI is InChI=1S/C33H38N2O7/c1-4-6-10-20-41-32(39)27-26-17-18-33(42-26)28(27)30(37)35(25(21-36)22-11-8-7-9-12-22)29(33)31(38)34(19-5-2)23-13-15-24(40-3)16-14-23/h4-5,7-9,11-16,25-29,36H,1-2,6,10,17-21H2,3H3/t25-,26-,27+,28+,29?,33?/m1/s1. The topological polar surface area (TPSA) is 106 Å². The zero-order valence-corrected chi connectivity index (χ0v) is 23.9. The number of hydrogen-bond donors (Lipinski definition) is 1. The lowest BCUT2D eigenvalue weighted by Crippen LogP contribution is -2.57. The maximum atomic E-state index is 14.7. The molecule has 9 nitrogen and oxygen atoms in total. The molecule has 3 aliphatic rings. The van der Waals surface area contributed by atoms with Crippen molar-refractivity contribution in [3.63, 3.8) is 0 Å². The largest absolute Gasteiger partial charge is 0.497 e. The molecule has 3 heterocycles.